The Labute approximate surface area is 114 Å². The van der Waals surface area contributed by atoms with Crippen molar-refractivity contribution in [1.82, 2.24) is 0 Å². The highest BCUT2D eigenvalue weighted by Crippen LogP contribution is 2.20. The summed E-state index contributed by atoms with van der Waals surface area (Å²) in [6.45, 7) is 0. The zero-order valence-electron chi connectivity index (χ0n) is 10.9. The number of aliphatic imine (C=N–C) groups is 1. The summed E-state index contributed by atoms with van der Waals surface area (Å²) in [5, 5.41) is 0. The fraction of sp³-hybridized carbons (Fsp3) is 0.143. The Hall–Kier alpha value is -2.76. The second kappa shape index (κ2) is 5.48. The van der Waals surface area contributed by atoms with Crippen LogP contribution in [-0.2, 0) is 23.9 Å². The van der Waals surface area contributed by atoms with Gasteiger partial charge in [0.05, 0.1) is 14.2 Å². The van der Waals surface area contributed by atoms with Crippen molar-refractivity contribution in [3.63, 3.8) is 0 Å². The normalized spacial score (nSPS) is 15.0. The lowest BCUT2D eigenvalue weighted by Gasteiger charge is -2.15. The lowest BCUT2D eigenvalue weighted by atomic mass is 9.99. The molecule has 102 valence electrons. The molecule has 0 radical (unpaired) electrons. The van der Waals surface area contributed by atoms with Gasteiger partial charge in [-0.15, -0.1) is 0 Å². The molecule has 0 bridgehead atoms. The number of rotatable bonds is 3. The van der Waals surface area contributed by atoms with Crippen molar-refractivity contribution in [2.24, 2.45) is 4.99 Å². The van der Waals surface area contributed by atoms with E-state index in [4.69, 9.17) is 4.74 Å². The molecule has 0 aliphatic carbocycles. The second-order valence-corrected chi connectivity index (χ2v) is 3.86. The molecule has 0 aromatic heterocycles. The summed E-state index contributed by atoms with van der Waals surface area (Å²) < 4.78 is 9.35. The summed E-state index contributed by atoms with van der Waals surface area (Å²) in [5.74, 6) is -2.78. The quantitative estimate of drug-likeness (QED) is 0.596. The van der Waals surface area contributed by atoms with E-state index in [1.165, 1.54) is 7.11 Å². The first-order chi connectivity index (χ1) is 9.60. The fourth-order valence-corrected chi connectivity index (χ4v) is 1.79. The maximum Gasteiger partial charge on any atom is 0.347 e. The number of nitrogens with zero attached hydrogens (tertiary/aromatic N) is 1. The van der Waals surface area contributed by atoms with E-state index < -0.39 is 23.2 Å². The molecule has 1 amide bonds. The van der Waals surface area contributed by atoms with Crippen molar-refractivity contribution < 1.29 is 23.9 Å². The molecule has 6 nitrogen and oxygen atoms in total. The molecule has 20 heavy (non-hydrogen) atoms. The number of Topliss-reactive ketones (excluding diaryl/α,β-unsaturated/α-hetero) is 1. The van der Waals surface area contributed by atoms with E-state index in [9.17, 15) is 14.4 Å². The molecular weight excluding hydrogens is 262 g/mol. The van der Waals surface area contributed by atoms with Crippen molar-refractivity contribution in [1.29, 1.82) is 0 Å². The monoisotopic (exact) mass is 273 g/mol. The molecule has 0 N–H and O–H groups in total. The molecule has 2 rings (SSSR count). The Bertz CT molecular complexity index is 643. The van der Waals surface area contributed by atoms with Crippen LogP contribution in [0.2, 0.25) is 0 Å². The van der Waals surface area contributed by atoms with E-state index in [0.29, 0.717) is 5.56 Å². The molecule has 0 atom stereocenters. The number of methoxy groups -OCH3 is 2. The third kappa shape index (κ3) is 2.23. The van der Waals surface area contributed by atoms with E-state index in [2.05, 4.69) is 9.73 Å². The van der Waals surface area contributed by atoms with Crippen LogP contribution in [0.3, 0.4) is 0 Å². The summed E-state index contributed by atoms with van der Waals surface area (Å²) in [5.41, 5.74) is -0.0656. The van der Waals surface area contributed by atoms with E-state index in [-0.39, 0.29) is 11.5 Å². The molecule has 1 heterocycles. The summed E-state index contributed by atoms with van der Waals surface area (Å²) in [7, 11) is 2.31. The number of ether oxygens (including phenoxy) is 2. The van der Waals surface area contributed by atoms with Gasteiger partial charge in [0.2, 0.25) is 5.78 Å². The van der Waals surface area contributed by atoms with Gasteiger partial charge in [0, 0.05) is 5.56 Å². The highest BCUT2D eigenvalue weighted by atomic mass is 16.5. The second-order valence-electron chi connectivity index (χ2n) is 3.86. The van der Waals surface area contributed by atoms with E-state index in [1.54, 1.807) is 30.3 Å². The minimum atomic E-state index is -0.948. The zero-order chi connectivity index (χ0) is 14.7. The minimum absolute atomic E-state index is 0.0555. The van der Waals surface area contributed by atoms with Gasteiger partial charge in [0.25, 0.3) is 5.91 Å². The predicted molar refractivity (Wildman–Crippen MR) is 69.0 cm³/mol. The van der Waals surface area contributed by atoms with E-state index >= 15 is 0 Å². The van der Waals surface area contributed by atoms with Gasteiger partial charge in [-0.2, -0.15) is 0 Å². The number of amides is 1. The summed E-state index contributed by atoms with van der Waals surface area (Å²) in [6.07, 6.45) is 0. The first kappa shape index (κ1) is 13.7. The average molecular weight is 273 g/mol. The molecule has 0 spiro atoms. The number of allylic oxidation sites excluding steroid dienone is 1. The van der Waals surface area contributed by atoms with Crippen molar-refractivity contribution in [2.45, 2.75) is 0 Å². The van der Waals surface area contributed by atoms with Crippen LogP contribution in [0.5, 0.6) is 0 Å². The smallest absolute Gasteiger partial charge is 0.347 e. The van der Waals surface area contributed by atoms with Crippen LogP contribution >= 0.6 is 0 Å². The van der Waals surface area contributed by atoms with Crippen LogP contribution in [0.25, 0.3) is 0 Å². The van der Waals surface area contributed by atoms with Crippen LogP contribution < -0.4 is 0 Å². The molecule has 0 saturated carbocycles. The first-order valence-electron chi connectivity index (χ1n) is 5.70. The Morgan fingerprint density at radius 3 is 2.30 bits per heavy atom. The molecule has 0 fully saturated rings. The van der Waals surface area contributed by atoms with Gasteiger partial charge in [0.15, 0.2) is 11.3 Å². The van der Waals surface area contributed by atoms with Crippen molar-refractivity contribution in [3.8, 4) is 0 Å². The maximum atomic E-state index is 12.3. The number of benzene rings is 1. The highest BCUT2D eigenvalue weighted by Gasteiger charge is 2.36. The summed E-state index contributed by atoms with van der Waals surface area (Å²) >= 11 is 0. The van der Waals surface area contributed by atoms with Crippen molar-refractivity contribution in [3.05, 3.63) is 47.2 Å². The lowest BCUT2D eigenvalue weighted by molar-refractivity contribution is -0.138. The van der Waals surface area contributed by atoms with Crippen LogP contribution in [-0.4, -0.2) is 37.6 Å². The number of esters is 1. The topological polar surface area (TPSA) is 82.0 Å². The van der Waals surface area contributed by atoms with Gasteiger partial charge in [-0.1, -0.05) is 30.3 Å². The SMILES string of the molecule is COC(=O)C1=C(OC)C(=O)C(c2ccccc2)=NC1=O. The Morgan fingerprint density at radius 1 is 1.10 bits per heavy atom. The van der Waals surface area contributed by atoms with Gasteiger partial charge in [-0.25, -0.2) is 9.79 Å². The molecule has 1 aromatic rings. The van der Waals surface area contributed by atoms with E-state index in [1.807, 2.05) is 0 Å². The van der Waals surface area contributed by atoms with Gasteiger partial charge in [-0.05, 0) is 0 Å². The van der Waals surface area contributed by atoms with Gasteiger partial charge < -0.3 is 9.47 Å². The standard InChI is InChI=1S/C14H11NO5/c1-19-12-9(14(18)20-2)13(17)15-10(11(12)16)8-6-4-3-5-7-8/h3-7H,1-2H3. The Balaban J connectivity index is 2.52. The first-order valence-corrected chi connectivity index (χ1v) is 5.70. The highest BCUT2D eigenvalue weighted by molar-refractivity contribution is 6.55. The predicted octanol–water partition coefficient (Wildman–Crippen LogP) is 0.658. The molecule has 1 aliphatic rings. The fourth-order valence-electron chi connectivity index (χ4n) is 1.79. The molecule has 1 aromatic carbocycles. The number of carbonyl (C=O) groups is 3. The summed E-state index contributed by atoms with van der Waals surface area (Å²) in [4.78, 5) is 39.4. The third-order valence-electron chi connectivity index (χ3n) is 2.72. The molecule has 0 unspecified atom stereocenters. The minimum Gasteiger partial charge on any atom is -0.492 e. The van der Waals surface area contributed by atoms with Gasteiger partial charge in [-0.3, -0.25) is 9.59 Å². The largest absolute Gasteiger partial charge is 0.492 e. The van der Waals surface area contributed by atoms with Crippen molar-refractivity contribution >= 4 is 23.4 Å². The number of hydrogen-bond acceptors (Lipinski definition) is 5. The van der Waals surface area contributed by atoms with Gasteiger partial charge in [0.1, 0.15) is 5.71 Å². The number of ketones is 1. The van der Waals surface area contributed by atoms with Crippen LogP contribution in [0.4, 0.5) is 0 Å². The van der Waals surface area contributed by atoms with Crippen LogP contribution in [0.15, 0.2) is 46.7 Å². The summed E-state index contributed by atoms with van der Waals surface area (Å²) in [6, 6.07) is 8.47. The van der Waals surface area contributed by atoms with Crippen LogP contribution in [0, 0.1) is 0 Å². The van der Waals surface area contributed by atoms with Gasteiger partial charge >= 0.3 is 5.97 Å². The average Bonchev–Trinajstić information content (AvgIpc) is 2.48. The number of dihydropyridines is 1. The zero-order valence-corrected chi connectivity index (χ0v) is 10.9. The van der Waals surface area contributed by atoms with E-state index in [0.717, 1.165) is 7.11 Å². The van der Waals surface area contributed by atoms with Crippen LogP contribution in [0.1, 0.15) is 5.56 Å². The molecule has 0 saturated heterocycles. The number of carbonyl (C=O) groups excluding carboxylic acids is 3. The Morgan fingerprint density at radius 2 is 1.75 bits per heavy atom. The molecule has 6 heteroatoms. The molecule has 1 aliphatic heterocycles. The Kier molecular flexibility index (Phi) is 3.74. The number of hydrogen-bond donors (Lipinski definition) is 0. The lowest BCUT2D eigenvalue weighted by Crippen LogP contribution is -2.31. The maximum absolute atomic E-state index is 12.3. The van der Waals surface area contributed by atoms with Crippen molar-refractivity contribution in [2.75, 3.05) is 14.2 Å². The third-order valence-corrected chi connectivity index (χ3v) is 2.72. The molecular formula is C14H11NO5.